The fourth-order valence-electron chi connectivity index (χ4n) is 2.73. The Bertz CT molecular complexity index is 882. The van der Waals surface area contributed by atoms with E-state index in [0.29, 0.717) is 23.6 Å². The average Bonchev–Trinajstić information content (AvgIpc) is 3.08. The van der Waals surface area contributed by atoms with E-state index in [1.54, 1.807) is 12.1 Å². The summed E-state index contributed by atoms with van der Waals surface area (Å²) >= 11 is 0. The summed E-state index contributed by atoms with van der Waals surface area (Å²) in [4.78, 5) is 23.6. The lowest BCUT2D eigenvalue weighted by Crippen LogP contribution is -2.37. The van der Waals surface area contributed by atoms with Gasteiger partial charge < -0.3 is 20.1 Å². The highest BCUT2D eigenvalue weighted by Gasteiger charge is 2.30. The van der Waals surface area contributed by atoms with Gasteiger partial charge >= 0.3 is 6.18 Å². The topological polar surface area (TPSA) is 76.7 Å². The zero-order valence-corrected chi connectivity index (χ0v) is 14.8. The molecule has 0 unspecified atom stereocenters. The van der Waals surface area contributed by atoms with Crippen molar-refractivity contribution in [3.8, 4) is 17.2 Å². The van der Waals surface area contributed by atoms with E-state index in [1.807, 2.05) is 0 Å². The second kappa shape index (κ2) is 7.79. The van der Waals surface area contributed by atoms with Crippen LogP contribution in [0.3, 0.4) is 0 Å². The van der Waals surface area contributed by atoms with Crippen molar-refractivity contribution in [3.63, 3.8) is 0 Å². The predicted molar refractivity (Wildman–Crippen MR) is 94.3 cm³/mol. The number of rotatable bonds is 5. The summed E-state index contributed by atoms with van der Waals surface area (Å²) in [6, 6.07) is 8.24. The number of halogens is 3. The van der Waals surface area contributed by atoms with Gasteiger partial charge in [-0.2, -0.15) is 13.2 Å². The third-order valence-electron chi connectivity index (χ3n) is 4.16. The van der Waals surface area contributed by atoms with E-state index < -0.39 is 23.7 Å². The Hall–Kier alpha value is -3.23. The number of hydrogen-bond donors (Lipinski definition) is 2. The van der Waals surface area contributed by atoms with Crippen LogP contribution >= 0.6 is 0 Å². The van der Waals surface area contributed by atoms with Crippen LogP contribution in [0.5, 0.6) is 17.2 Å². The van der Waals surface area contributed by atoms with Crippen LogP contribution in [0.1, 0.15) is 18.4 Å². The normalized spacial score (nSPS) is 16.4. The van der Waals surface area contributed by atoms with Gasteiger partial charge in [0.15, 0.2) is 0 Å². The molecule has 1 heterocycles. The van der Waals surface area contributed by atoms with E-state index in [4.69, 9.17) is 9.47 Å². The van der Waals surface area contributed by atoms with Crippen molar-refractivity contribution in [1.29, 1.82) is 0 Å². The van der Waals surface area contributed by atoms with Crippen LogP contribution in [0.15, 0.2) is 42.5 Å². The predicted octanol–water partition coefficient (Wildman–Crippen LogP) is 3.72. The van der Waals surface area contributed by atoms with Gasteiger partial charge in [0.25, 0.3) is 0 Å². The largest absolute Gasteiger partial charge is 0.495 e. The highest BCUT2D eigenvalue weighted by atomic mass is 19.4. The highest BCUT2D eigenvalue weighted by molar-refractivity contribution is 6.00. The number of carbonyl (C=O) groups is 2. The third kappa shape index (κ3) is 4.54. The molecule has 2 amide bonds. The number of benzene rings is 2. The molecule has 0 radical (unpaired) electrons. The molecule has 2 aromatic carbocycles. The van der Waals surface area contributed by atoms with Gasteiger partial charge in [-0.1, -0.05) is 0 Å². The Morgan fingerprint density at radius 2 is 1.82 bits per heavy atom. The maximum absolute atomic E-state index is 12.6. The fourth-order valence-corrected chi connectivity index (χ4v) is 2.73. The average molecular weight is 394 g/mol. The molecule has 1 aliphatic rings. The minimum absolute atomic E-state index is 0.188. The van der Waals surface area contributed by atoms with Crippen LogP contribution in [-0.2, 0) is 15.8 Å². The molecular weight excluding hydrogens is 377 g/mol. The second-order valence-corrected chi connectivity index (χ2v) is 6.13. The number of methoxy groups -OCH3 is 1. The Morgan fingerprint density at radius 3 is 2.39 bits per heavy atom. The molecule has 0 saturated carbocycles. The first-order valence-corrected chi connectivity index (χ1v) is 8.39. The third-order valence-corrected chi connectivity index (χ3v) is 4.16. The SMILES string of the molecule is COc1ccc(Oc2ccc(C(F)(F)F)cc2)cc1NC(=O)[C@@H]1CCC(=O)N1. The lowest BCUT2D eigenvalue weighted by Gasteiger charge is -2.15. The maximum atomic E-state index is 12.6. The molecule has 0 aliphatic carbocycles. The van der Waals surface area contributed by atoms with E-state index in [0.717, 1.165) is 12.1 Å². The van der Waals surface area contributed by atoms with Crippen molar-refractivity contribution in [2.75, 3.05) is 12.4 Å². The van der Waals surface area contributed by atoms with Gasteiger partial charge in [-0.15, -0.1) is 0 Å². The van der Waals surface area contributed by atoms with Crippen molar-refractivity contribution < 1.29 is 32.2 Å². The standard InChI is InChI=1S/C19H17F3N2O4/c1-27-16-8-6-13(28-12-4-2-11(3-5-12)19(20,21)22)10-15(16)24-18(26)14-7-9-17(25)23-14/h2-6,8,10,14H,7,9H2,1H3,(H,23,25)(H,24,26)/t14-/m0/s1. The number of nitrogens with one attached hydrogen (secondary N) is 2. The van der Waals surface area contributed by atoms with Gasteiger partial charge in [0.2, 0.25) is 11.8 Å². The first-order chi connectivity index (χ1) is 13.3. The van der Waals surface area contributed by atoms with E-state index >= 15 is 0 Å². The summed E-state index contributed by atoms with van der Waals surface area (Å²) in [5.41, 5.74) is -0.459. The molecule has 1 fully saturated rings. The number of hydrogen-bond acceptors (Lipinski definition) is 4. The van der Waals surface area contributed by atoms with Crippen LogP contribution in [0, 0.1) is 0 Å². The summed E-state index contributed by atoms with van der Waals surface area (Å²) in [7, 11) is 1.43. The minimum Gasteiger partial charge on any atom is -0.495 e. The Balaban J connectivity index is 1.75. The lowest BCUT2D eigenvalue weighted by molar-refractivity contribution is -0.137. The summed E-state index contributed by atoms with van der Waals surface area (Å²) in [5, 5.41) is 5.24. The van der Waals surface area contributed by atoms with Gasteiger partial charge in [0, 0.05) is 12.5 Å². The van der Waals surface area contributed by atoms with Crippen molar-refractivity contribution in [1.82, 2.24) is 5.32 Å². The molecule has 2 N–H and O–H groups in total. The molecule has 3 rings (SSSR count). The lowest BCUT2D eigenvalue weighted by atomic mass is 10.2. The monoisotopic (exact) mass is 394 g/mol. The van der Waals surface area contributed by atoms with E-state index in [1.165, 1.54) is 25.3 Å². The first-order valence-electron chi connectivity index (χ1n) is 8.39. The molecule has 0 spiro atoms. The van der Waals surface area contributed by atoms with E-state index in [-0.39, 0.29) is 18.1 Å². The highest BCUT2D eigenvalue weighted by Crippen LogP contribution is 2.34. The van der Waals surface area contributed by atoms with Crippen molar-refractivity contribution >= 4 is 17.5 Å². The molecule has 2 aromatic rings. The van der Waals surface area contributed by atoms with Crippen molar-refractivity contribution in [2.45, 2.75) is 25.1 Å². The van der Waals surface area contributed by atoms with Gasteiger partial charge in [0.05, 0.1) is 18.4 Å². The molecule has 0 aromatic heterocycles. The summed E-state index contributed by atoms with van der Waals surface area (Å²) < 4.78 is 48.7. The minimum atomic E-state index is -4.42. The van der Waals surface area contributed by atoms with Crippen LogP contribution in [0.25, 0.3) is 0 Å². The quantitative estimate of drug-likeness (QED) is 0.810. The molecule has 9 heteroatoms. The van der Waals surface area contributed by atoms with Crippen LogP contribution < -0.4 is 20.1 Å². The van der Waals surface area contributed by atoms with Gasteiger partial charge in [-0.3, -0.25) is 9.59 Å². The molecule has 148 valence electrons. The van der Waals surface area contributed by atoms with Crippen LogP contribution in [0.4, 0.5) is 18.9 Å². The fraction of sp³-hybridized carbons (Fsp3) is 0.263. The molecular formula is C19H17F3N2O4. The number of alkyl halides is 3. The zero-order chi connectivity index (χ0) is 20.3. The Kier molecular flexibility index (Phi) is 5.43. The molecule has 1 saturated heterocycles. The maximum Gasteiger partial charge on any atom is 0.416 e. The van der Waals surface area contributed by atoms with Gasteiger partial charge in [-0.25, -0.2) is 0 Å². The van der Waals surface area contributed by atoms with Crippen molar-refractivity contribution in [3.05, 3.63) is 48.0 Å². The summed E-state index contributed by atoms with van der Waals surface area (Å²) in [6.07, 6.45) is -3.74. The summed E-state index contributed by atoms with van der Waals surface area (Å²) in [6.45, 7) is 0. The molecule has 1 aliphatic heterocycles. The van der Waals surface area contributed by atoms with Gasteiger partial charge in [0.1, 0.15) is 23.3 Å². The zero-order valence-electron chi connectivity index (χ0n) is 14.8. The Labute approximate surface area is 158 Å². The van der Waals surface area contributed by atoms with E-state index in [9.17, 15) is 22.8 Å². The smallest absolute Gasteiger partial charge is 0.416 e. The second-order valence-electron chi connectivity index (χ2n) is 6.13. The summed E-state index contributed by atoms with van der Waals surface area (Å²) in [5.74, 6) is 0.296. The number of carbonyl (C=O) groups excluding carboxylic acids is 2. The molecule has 0 bridgehead atoms. The van der Waals surface area contributed by atoms with Gasteiger partial charge in [-0.05, 0) is 42.8 Å². The Morgan fingerprint density at radius 1 is 1.14 bits per heavy atom. The molecule has 28 heavy (non-hydrogen) atoms. The number of amides is 2. The number of anilines is 1. The number of ether oxygens (including phenoxy) is 2. The van der Waals surface area contributed by atoms with Crippen LogP contribution in [-0.4, -0.2) is 25.0 Å². The first kappa shape index (κ1) is 19.5. The molecule has 1 atom stereocenters. The van der Waals surface area contributed by atoms with E-state index in [2.05, 4.69) is 10.6 Å². The van der Waals surface area contributed by atoms with Crippen LogP contribution in [0.2, 0.25) is 0 Å². The molecule has 6 nitrogen and oxygen atoms in total. The van der Waals surface area contributed by atoms with Crippen molar-refractivity contribution in [2.24, 2.45) is 0 Å².